The van der Waals surface area contributed by atoms with Crippen LogP contribution in [0.2, 0.25) is 5.02 Å². The molecule has 88 valence electrons. The van der Waals surface area contributed by atoms with Crippen molar-refractivity contribution >= 4 is 17.3 Å². The van der Waals surface area contributed by atoms with Gasteiger partial charge in [-0.3, -0.25) is 4.98 Å². The second-order valence-electron chi connectivity index (χ2n) is 3.95. The molecule has 0 aliphatic carbocycles. The molecule has 17 heavy (non-hydrogen) atoms. The molecule has 0 aliphatic rings. The largest absolute Gasteiger partial charge is 0.384 e. The van der Waals surface area contributed by atoms with Crippen molar-refractivity contribution in [1.82, 2.24) is 4.98 Å². The third-order valence-corrected chi connectivity index (χ3v) is 3.13. The van der Waals surface area contributed by atoms with Crippen LogP contribution in [0.1, 0.15) is 11.1 Å². The zero-order valence-corrected chi connectivity index (χ0v) is 10.5. The van der Waals surface area contributed by atoms with Crippen LogP contribution in [0.4, 0.5) is 5.69 Å². The van der Waals surface area contributed by atoms with Crippen LogP contribution in [0.5, 0.6) is 0 Å². The average molecular weight is 247 g/mol. The lowest BCUT2D eigenvalue weighted by atomic mass is 10.2. The molecule has 0 radical (unpaired) electrons. The molecular formula is C14H15ClN2. The van der Waals surface area contributed by atoms with Gasteiger partial charge in [0, 0.05) is 29.6 Å². The summed E-state index contributed by atoms with van der Waals surface area (Å²) in [6, 6.07) is 9.95. The molecule has 0 bridgehead atoms. The Morgan fingerprint density at radius 2 is 2.12 bits per heavy atom. The number of aromatic nitrogens is 1. The summed E-state index contributed by atoms with van der Waals surface area (Å²) in [6.45, 7) is 2.90. The maximum Gasteiger partial charge on any atom is 0.0455 e. The molecule has 1 aromatic carbocycles. The Morgan fingerprint density at radius 1 is 1.24 bits per heavy atom. The topological polar surface area (TPSA) is 24.9 Å². The van der Waals surface area contributed by atoms with Crippen molar-refractivity contribution in [2.75, 3.05) is 11.9 Å². The zero-order chi connectivity index (χ0) is 12.1. The molecule has 0 saturated heterocycles. The van der Waals surface area contributed by atoms with E-state index in [9.17, 15) is 0 Å². The van der Waals surface area contributed by atoms with E-state index in [-0.39, 0.29) is 0 Å². The SMILES string of the molecule is Cc1c(Cl)cccc1NCCc1cccnc1. The van der Waals surface area contributed by atoms with Gasteiger partial charge in [-0.15, -0.1) is 0 Å². The van der Waals surface area contributed by atoms with Crippen LogP contribution in [0.25, 0.3) is 0 Å². The van der Waals surface area contributed by atoms with Gasteiger partial charge in [0.2, 0.25) is 0 Å². The van der Waals surface area contributed by atoms with E-state index >= 15 is 0 Å². The van der Waals surface area contributed by atoms with E-state index < -0.39 is 0 Å². The molecule has 0 aliphatic heterocycles. The van der Waals surface area contributed by atoms with Crippen LogP contribution in [0.15, 0.2) is 42.7 Å². The van der Waals surface area contributed by atoms with Crippen LogP contribution in [0, 0.1) is 6.92 Å². The van der Waals surface area contributed by atoms with Gasteiger partial charge < -0.3 is 5.32 Å². The van der Waals surface area contributed by atoms with Gasteiger partial charge in [0.1, 0.15) is 0 Å². The predicted molar refractivity (Wildman–Crippen MR) is 72.6 cm³/mol. The van der Waals surface area contributed by atoms with Crippen molar-refractivity contribution < 1.29 is 0 Å². The fourth-order valence-electron chi connectivity index (χ4n) is 1.69. The third kappa shape index (κ3) is 3.21. The molecule has 3 heteroatoms. The second-order valence-corrected chi connectivity index (χ2v) is 4.36. The molecular weight excluding hydrogens is 232 g/mol. The number of anilines is 1. The first-order valence-electron chi connectivity index (χ1n) is 5.65. The van der Waals surface area contributed by atoms with Crippen LogP contribution in [-0.2, 0) is 6.42 Å². The van der Waals surface area contributed by atoms with Crippen LogP contribution in [0.3, 0.4) is 0 Å². The van der Waals surface area contributed by atoms with E-state index in [1.807, 2.05) is 37.4 Å². The van der Waals surface area contributed by atoms with Crippen LogP contribution >= 0.6 is 11.6 Å². The zero-order valence-electron chi connectivity index (χ0n) is 9.78. The highest BCUT2D eigenvalue weighted by Gasteiger charge is 2.00. The van der Waals surface area contributed by atoms with E-state index in [1.54, 1.807) is 6.20 Å². The molecule has 0 spiro atoms. The summed E-state index contributed by atoms with van der Waals surface area (Å²) in [7, 11) is 0. The van der Waals surface area contributed by atoms with E-state index in [4.69, 9.17) is 11.6 Å². The Hall–Kier alpha value is -1.54. The maximum absolute atomic E-state index is 6.06. The molecule has 2 rings (SSSR count). The Morgan fingerprint density at radius 3 is 2.88 bits per heavy atom. The van der Waals surface area contributed by atoms with Crippen molar-refractivity contribution in [3.63, 3.8) is 0 Å². The number of rotatable bonds is 4. The molecule has 0 unspecified atom stereocenters. The number of hydrogen-bond donors (Lipinski definition) is 1. The van der Waals surface area contributed by atoms with Gasteiger partial charge in [-0.25, -0.2) is 0 Å². The van der Waals surface area contributed by atoms with E-state index in [0.717, 1.165) is 29.2 Å². The number of benzene rings is 1. The predicted octanol–water partition coefficient (Wildman–Crippen LogP) is 3.70. The fraction of sp³-hybridized carbons (Fsp3) is 0.214. The molecule has 1 aromatic heterocycles. The molecule has 1 heterocycles. The summed E-state index contributed by atoms with van der Waals surface area (Å²) in [5.74, 6) is 0. The minimum Gasteiger partial charge on any atom is -0.384 e. The molecule has 2 aromatic rings. The van der Waals surface area contributed by atoms with Gasteiger partial charge in [0.15, 0.2) is 0 Å². The number of hydrogen-bond acceptors (Lipinski definition) is 2. The number of halogens is 1. The van der Waals surface area contributed by atoms with Gasteiger partial charge in [-0.05, 0) is 42.7 Å². The summed E-state index contributed by atoms with van der Waals surface area (Å²) in [5.41, 5.74) is 3.43. The van der Waals surface area contributed by atoms with Crippen molar-refractivity contribution in [3.05, 3.63) is 58.9 Å². The van der Waals surface area contributed by atoms with Crippen molar-refractivity contribution in [2.45, 2.75) is 13.3 Å². The van der Waals surface area contributed by atoms with Crippen molar-refractivity contribution in [1.29, 1.82) is 0 Å². The van der Waals surface area contributed by atoms with Gasteiger partial charge in [0.05, 0.1) is 0 Å². The Balaban J connectivity index is 1.93. The molecule has 0 atom stereocenters. The minimum atomic E-state index is 0.802. The highest BCUT2D eigenvalue weighted by atomic mass is 35.5. The maximum atomic E-state index is 6.06. The van der Waals surface area contributed by atoms with Crippen LogP contribution in [-0.4, -0.2) is 11.5 Å². The first kappa shape index (κ1) is 11.9. The fourth-order valence-corrected chi connectivity index (χ4v) is 1.86. The van der Waals surface area contributed by atoms with Crippen LogP contribution < -0.4 is 5.32 Å². The minimum absolute atomic E-state index is 0.802. The molecule has 2 nitrogen and oxygen atoms in total. The number of pyridine rings is 1. The Labute approximate surface area is 107 Å². The lowest BCUT2D eigenvalue weighted by Gasteiger charge is -2.10. The Bertz CT molecular complexity index is 483. The summed E-state index contributed by atoms with van der Waals surface area (Å²) in [6.07, 6.45) is 4.64. The standard InChI is InChI=1S/C14H15ClN2/c1-11-13(15)5-2-6-14(11)17-9-7-12-4-3-8-16-10-12/h2-6,8,10,17H,7,9H2,1H3. The summed E-state index contributed by atoms with van der Waals surface area (Å²) in [4.78, 5) is 4.09. The highest BCUT2D eigenvalue weighted by Crippen LogP contribution is 2.22. The molecule has 0 amide bonds. The monoisotopic (exact) mass is 246 g/mol. The summed E-state index contributed by atoms with van der Waals surface area (Å²) >= 11 is 6.06. The Kier molecular flexibility index (Phi) is 3.99. The van der Waals surface area contributed by atoms with Crippen molar-refractivity contribution in [2.24, 2.45) is 0 Å². The van der Waals surface area contributed by atoms with Gasteiger partial charge in [-0.2, -0.15) is 0 Å². The lowest BCUT2D eigenvalue weighted by molar-refractivity contribution is 1.00. The first-order chi connectivity index (χ1) is 8.27. The second kappa shape index (κ2) is 5.69. The summed E-state index contributed by atoms with van der Waals surface area (Å²) < 4.78 is 0. The lowest BCUT2D eigenvalue weighted by Crippen LogP contribution is -2.06. The molecule has 0 fully saturated rings. The highest BCUT2D eigenvalue weighted by molar-refractivity contribution is 6.31. The average Bonchev–Trinajstić information content (AvgIpc) is 2.36. The van der Waals surface area contributed by atoms with E-state index in [0.29, 0.717) is 0 Å². The van der Waals surface area contributed by atoms with Gasteiger partial charge in [0.25, 0.3) is 0 Å². The smallest absolute Gasteiger partial charge is 0.0455 e. The normalized spacial score (nSPS) is 10.2. The first-order valence-corrected chi connectivity index (χ1v) is 6.03. The molecule has 1 N–H and O–H groups in total. The number of nitrogens with one attached hydrogen (secondary N) is 1. The summed E-state index contributed by atoms with van der Waals surface area (Å²) in [5, 5.41) is 4.19. The third-order valence-electron chi connectivity index (χ3n) is 2.72. The quantitative estimate of drug-likeness (QED) is 0.890. The van der Waals surface area contributed by atoms with Crippen molar-refractivity contribution in [3.8, 4) is 0 Å². The number of nitrogens with zero attached hydrogens (tertiary/aromatic N) is 1. The van der Waals surface area contributed by atoms with Gasteiger partial charge >= 0.3 is 0 Å². The molecule has 0 saturated carbocycles. The van der Waals surface area contributed by atoms with Gasteiger partial charge in [-0.1, -0.05) is 23.7 Å². The van der Waals surface area contributed by atoms with E-state index in [2.05, 4.69) is 16.4 Å². The van der Waals surface area contributed by atoms with E-state index in [1.165, 1.54) is 5.56 Å².